The quantitative estimate of drug-likeness (QED) is 0.560. The number of amides is 2. The number of ether oxygens (including phenoxy) is 1. The van der Waals surface area contributed by atoms with Crippen molar-refractivity contribution in [3.8, 4) is 5.75 Å². The summed E-state index contributed by atoms with van der Waals surface area (Å²) >= 11 is 0. The summed E-state index contributed by atoms with van der Waals surface area (Å²) in [4.78, 5) is 24.0. The van der Waals surface area contributed by atoms with Crippen LogP contribution >= 0.6 is 0 Å². The Bertz CT molecular complexity index is 446. The first-order valence-corrected chi connectivity index (χ1v) is 5.67. The number of imide groups is 1. The van der Waals surface area contributed by atoms with Gasteiger partial charge in [0.25, 0.3) is 0 Å². The molecule has 1 fully saturated rings. The van der Waals surface area contributed by atoms with Crippen LogP contribution in [0.25, 0.3) is 0 Å². The highest BCUT2D eigenvalue weighted by molar-refractivity contribution is 5.99. The van der Waals surface area contributed by atoms with E-state index in [1.54, 1.807) is 17.0 Å². The molecule has 0 atom stereocenters. The number of benzene rings is 1. The summed E-state index contributed by atoms with van der Waals surface area (Å²) in [5.41, 5.74) is 6.30. The number of hydrogen-bond acceptors (Lipinski definition) is 5. The molecule has 2 amide bonds. The van der Waals surface area contributed by atoms with Gasteiger partial charge >= 0.3 is 0 Å². The smallest absolute Gasteiger partial charge is 0.240 e. The van der Waals surface area contributed by atoms with Crippen molar-refractivity contribution < 1.29 is 14.3 Å². The molecule has 1 aromatic rings. The van der Waals surface area contributed by atoms with Crippen LogP contribution in [0.2, 0.25) is 0 Å². The predicted molar refractivity (Wildman–Crippen MR) is 65.9 cm³/mol. The first kappa shape index (κ1) is 12.4. The number of carbonyl (C=O) groups excluding carboxylic acids is 2. The first-order valence-electron chi connectivity index (χ1n) is 5.67. The molecule has 6 nitrogen and oxygen atoms in total. The molecule has 1 aliphatic rings. The first-order chi connectivity index (χ1) is 8.65. The maximum atomic E-state index is 11.1. The zero-order chi connectivity index (χ0) is 13.0. The Balaban J connectivity index is 1.80. The third-order valence-electron chi connectivity index (χ3n) is 2.60. The number of rotatable bonds is 4. The van der Waals surface area contributed by atoms with Gasteiger partial charge in [0.2, 0.25) is 11.8 Å². The van der Waals surface area contributed by atoms with Crippen LogP contribution in [0.4, 0.5) is 5.69 Å². The van der Waals surface area contributed by atoms with E-state index in [1.807, 2.05) is 12.1 Å². The van der Waals surface area contributed by atoms with Crippen molar-refractivity contribution in [2.75, 3.05) is 32.0 Å². The number of hydrogen-bond donors (Lipinski definition) is 2. The number of piperazine rings is 1. The van der Waals surface area contributed by atoms with E-state index in [4.69, 9.17) is 10.5 Å². The lowest BCUT2D eigenvalue weighted by Crippen LogP contribution is -2.52. The molecule has 1 heterocycles. The van der Waals surface area contributed by atoms with Crippen LogP contribution < -0.4 is 15.8 Å². The van der Waals surface area contributed by atoms with Crippen molar-refractivity contribution in [3.63, 3.8) is 0 Å². The maximum Gasteiger partial charge on any atom is 0.240 e. The van der Waals surface area contributed by atoms with E-state index in [-0.39, 0.29) is 24.9 Å². The molecule has 1 aromatic carbocycles. The zero-order valence-electron chi connectivity index (χ0n) is 9.89. The van der Waals surface area contributed by atoms with Gasteiger partial charge in [0.05, 0.1) is 18.8 Å². The Morgan fingerprint density at radius 2 is 1.89 bits per heavy atom. The van der Waals surface area contributed by atoms with E-state index in [0.717, 1.165) is 0 Å². The molecule has 0 aromatic heterocycles. The van der Waals surface area contributed by atoms with Crippen molar-refractivity contribution in [2.24, 2.45) is 0 Å². The number of nitrogens with zero attached hydrogens (tertiary/aromatic N) is 1. The van der Waals surface area contributed by atoms with Crippen LogP contribution in [0.1, 0.15) is 0 Å². The highest BCUT2D eigenvalue weighted by Gasteiger charge is 2.21. The van der Waals surface area contributed by atoms with E-state index >= 15 is 0 Å². The highest BCUT2D eigenvalue weighted by atomic mass is 16.5. The number of carbonyl (C=O) groups is 2. The van der Waals surface area contributed by atoms with Gasteiger partial charge < -0.3 is 10.5 Å². The average Bonchev–Trinajstić information content (AvgIpc) is 2.30. The van der Waals surface area contributed by atoms with Gasteiger partial charge in [-0.15, -0.1) is 0 Å². The number of para-hydroxylation sites is 2. The molecular formula is C12H15N3O3. The maximum absolute atomic E-state index is 11.1. The largest absolute Gasteiger partial charge is 0.490 e. The van der Waals surface area contributed by atoms with Gasteiger partial charge in [-0.25, -0.2) is 0 Å². The van der Waals surface area contributed by atoms with E-state index in [9.17, 15) is 9.59 Å². The van der Waals surface area contributed by atoms with Crippen molar-refractivity contribution in [1.29, 1.82) is 0 Å². The van der Waals surface area contributed by atoms with E-state index < -0.39 is 0 Å². The Morgan fingerprint density at radius 1 is 1.22 bits per heavy atom. The molecular weight excluding hydrogens is 234 g/mol. The summed E-state index contributed by atoms with van der Waals surface area (Å²) in [7, 11) is 0. The molecule has 0 aliphatic carbocycles. The lowest BCUT2D eigenvalue weighted by Gasteiger charge is -2.25. The minimum absolute atomic E-state index is 0.222. The molecule has 1 saturated heterocycles. The fraction of sp³-hybridized carbons (Fsp3) is 0.333. The Labute approximate surface area is 105 Å². The van der Waals surface area contributed by atoms with E-state index in [0.29, 0.717) is 24.6 Å². The monoisotopic (exact) mass is 249 g/mol. The number of nitrogens with one attached hydrogen (secondary N) is 1. The molecule has 1 aliphatic heterocycles. The third-order valence-corrected chi connectivity index (χ3v) is 2.60. The number of nitrogens with two attached hydrogens (primary N) is 1. The fourth-order valence-electron chi connectivity index (χ4n) is 1.75. The molecule has 6 heteroatoms. The number of nitrogen functional groups attached to an aromatic ring is 1. The highest BCUT2D eigenvalue weighted by Crippen LogP contribution is 2.19. The summed E-state index contributed by atoms with van der Waals surface area (Å²) in [5, 5.41) is 2.25. The van der Waals surface area contributed by atoms with Crippen LogP contribution in [-0.4, -0.2) is 43.0 Å². The molecule has 0 radical (unpaired) electrons. The van der Waals surface area contributed by atoms with Gasteiger partial charge in [0.15, 0.2) is 0 Å². The summed E-state index contributed by atoms with van der Waals surface area (Å²) in [5.74, 6) is 0.0706. The number of anilines is 1. The average molecular weight is 249 g/mol. The molecule has 0 spiro atoms. The molecule has 2 rings (SSSR count). The topological polar surface area (TPSA) is 84.7 Å². The molecule has 18 heavy (non-hydrogen) atoms. The summed E-state index contributed by atoms with van der Waals surface area (Å²) < 4.78 is 5.50. The van der Waals surface area contributed by atoms with Crippen molar-refractivity contribution in [2.45, 2.75) is 0 Å². The molecule has 96 valence electrons. The third kappa shape index (κ3) is 3.21. The van der Waals surface area contributed by atoms with Crippen molar-refractivity contribution in [1.82, 2.24) is 10.2 Å². The van der Waals surface area contributed by atoms with Gasteiger partial charge in [-0.2, -0.15) is 0 Å². The van der Waals surface area contributed by atoms with Gasteiger partial charge in [0.1, 0.15) is 12.4 Å². The minimum atomic E-state index is -0.273. The Kier molecular flexibility index (Phi) is 3.78. The minimum Gasteiger partial charge on any atom is -0.490 e. The van der Waals surface area contributed by atoms with Gasteiger partial charge in [-0.1, -0.05) is 12.1 Å². The van der Waals surface area contributed by atoms with Gasteiger partial charge in [-0.05, 0) is 12.1 Å². The van der Waals surface area contributed by atoms with Crippen molar-refractivity contribution >= 4 is 17.5 Å². The van der Waals surface area contributed by atoms with Crippen LogP contribution in [0, 0.1) is 0 Å². The van der Waals surface area contributed by atoms with Crippen LogP contribution in [0.5, 0.6) is 5.75 Å². The second-order valence-electron chi connectivity index (χ2n) is 4.07. The second kappa shape index (κ2) is 5.50. The van der Waals surface area contributed by atoms with E-state index in [1.165, 1.54) is 0 Å². The molecule has 0 bridgehead atoms. The second-order valence-corrected chi connectivity index (χ2v) is 4.07. The van der Waals surface area contributed by atoms with Crippen molar-refractivity contribution in [3.05, 3.63) is 24.3 Å². The normalized spacial score (nSPS) is 16.4. The van der Waals surface area contributed by atoms with Crippen LogP contribution in [0.15, 0.2) is 24.3 Å². The SMILES string of the molecule is Nc1ccccc1OCCN1CC(=O)NC(=O)C1. The van der Waals surface area contributed by atoms with Crippen LogP contribution in [-0.2, 0) is 9.59 Å². The lowest BCUT2D eigenvalue weighted by atomic mass is 10.3. The fourth-order valence-corrected chi connectivity index (χ4v) is 1.75. The standard InChI is InChI=1S/C12H15N3O3/c13-9-3-1-2-4-10(9)18-6-5-15-7-11(16)14-12(17)8-15/h1-4H,5-8,13H2,(H,14,16,17). The molecule has 0 unspecified atom stereocenters. The van der Waals surface area contributed by atoms with Gasteiger partial charge in [-0.3, -0.25) is 19.8 Å². The molecule has 3 N–H and O–H groups in total. The summed E-state index contributed by atoms with van der Waals surface area (Å²) in [6.07, 6.45) is 0. The summed E-state index contributed by atoms with van der Waals surface area (Å²) in [6, 6.07) is 7.20. The van der Waals surface area contributed by atoms with E-state index in [2.05, 4.69) is 5.32 Å². The van der Waals surface area contributed by atoms with Gasteiger partial charge in [0, 0.05) is 6.54 Å². The molecule has 0 saturated carbocycles. The summed E-state index contributed by atoms with van der Waals surface area (Å²) in [6.45, 7) is 1.33. The zero-order valence-corrected chi connectivity index (χ0v) is 9.89. The van der Waals surface area contributed by atoms with Crippen LogP contribution in [0.3, 0.4) is 0 Å². The Hall–Kier alpha value is -2.08. The lowest BCUT2D eigenvalue weighted by molar-refractivity contribution is -0.136. The Morgan fingerprint density at radius 3 is 2.56 bits per heavy atom. The predicted octanol–water partition coefficient (Wildman–Crippen LogP) is -0.394.